The zero-order valence-corrected chi connectivity index (χ0v) is 22.1. The summed E-state index contributed by atoms with van der Waals surface area (Å²) in [6.45, 7) is 0.288. The Labute approximate surface area is 226 Å². The molecule has 5 rings (SSSR count). The molecule has 11 heteroatoms. The first-order chi connectivity index (χ1) is 16.9. The number of non-ortho nitro benzene ring substituents is 1. The molecule has 3 aromatic rings. The zero-order valence-electron chi connectivity index (χ0n) is 17.8. The Bertz CT molecular complexity index is 1430. The molecule has 9 nitrogen and oxygen atoms in total. The van der Waals surface area contributed by atoms with Crippen LogP contribution in [0.2, 0.25) is 0 Å². The number of nitro benzene ring substituents is 1. The summed E-state index contributed by atoms with van der Waals surface area (Å²) in [6.07, 6.45) is 0. The Hall–Kier alpha value is -3.25. The molecule has 0 saturated heterocycles. The minimum absolute atomic E-state index is 0.0123. The van der Waals surface area contributed by atoms with Crippen LogP contribution in [0.3, 0.4) is 0 Å². The van der Waals surface area contributed by atoms with E-state index >= 15 is 0 Å². The first-order valence-electron chi connectivity index (χ1n) is 10.2. The van der Waals surface area contributed by atoms with Crippen molar-refractivity contribution >= 4 is 50.9 Å². The lowest BCUT2D eigenvalue weighted by Crippen LogP contribution is -2.21. The molecule has 0 fully saturated rings. The monoisotopic (exact) mass is 695 g/mol. The number of nitro groups is 1. The van der Waals surface area contributed by atoms with Crippen LogP contribution >= 0.6 is 45.2 Å². The fourth-order valence-electron chi connectivity index (χ4n) is 3.99. The van der Waals surface area contributed by atoms with Crippen molar-refractivity contribution in [3.8, 4) is 29.1 Å². The predicted octanol–water partition coefficient (Wildman–Crippen LogP) is 5.33. The molecule has 0 saturated carbocycles. The molecule has 3 aromatic carbocycles. The Morgan fingerprint density at radius 3 is 2.51 bits per heavy atom. The van der Waals surface area contributed by atoms with E-state index in [4.69, 9.17) is 24.7 Å². The average Bonchev–Trinajstić information content (AvgIpc) is 3.28. The van der Waals surface area contributed by atoms with E-state index < -0.39 is 10.8 Å². The highest BCUT2D eigenvalue weighted by molar-refractivity contribution is 14.1. The van der Waals surface area contributed by atoms with Crippen LogP contribution in [0, 0.1) is 28.6 Å². The fourth-order valence-corrected chi connectivity index (χ4v) is 6.12. The molecule has 0 radical (unpaired) electrons. The van der Waals surface area contributed by atoms with E-state index in [9.17, 15) is 15.4 Å². The Morgan fingerprint density at radius 2 is 1.83 bits per heavy atom. The first kappa shape index (κ1) is 23.5. The van der Waals surface area contributed by atoms with Gasteiger partial charge in [0.15, 0.2) is 11.5 Å². The Morgan fingerprint density at radius 1 is 1.11 bits per heavy atom. The highest BCUT2D eigenvalue weighted by Gasteiger charge is 2.34. The summed E-state index contributed by atoms with van der Waals surface area (Å²) in [5.41, 5.74) is 8.70. The minimum Gasteiger partial charge on any atom is -0.487 e. The topological polar surface area (TPSA) is 130 Å². The standard InChI is InChI=1S/C24H15I2N3O6/c25-17-5-13(6-18(26)23(17)32-10-12-2-1-3-14(4-12)29(30)31)22-15-7-20-21(34-11-33-20)8-19(15)35-24(28)16(22)9-27/h1-8,22H,10-11,28H2/t22-/m0/s1. The lowest BCUT2D eigenvalue weighted by atomic mass is 9.83. The maximum atomic E-state index is 11.1. The van der Waals surface area contributed by atoms with Gasteiger partial charge in [-0.1, -0.05) is 12.1 Å². The van der Waals surface area contributed by atoms with Gasteiger partial charge in [0.05, 0.1) is 18.0 Å². The van der Waals surface area contributed by atoms with Crippen LogP contribution < -0.4 is 24.7 Å². The molecule has 2 N–H and O–H groups in total. The molecule has 176 valence electrons. The second-order valence-corrected chi connectivity index (χ2v) is 10.0. The molecule has 0 unspecified atom stereocenters. The van der Waals surface area contributed by atoms with Crippen molar-refractivity contribution in [2.75, 3.05) is 6.79 Å². The van der Waals surface area contributed by atoms with Crippen molar-refractivity contribution < 1.29 is 23.9 Å². The van der Waals surface area contributed by atoms with Crippen molar-refractivity contribution in [1.29, 1.82) is 5.26 Å². The molecule has 2 aliphatic heterocycles. The normalized spacial score (nSPS) is 15.7. The molecule has 0 amide bonds. The third kappa shape index (κ3) is 4.43. The first-order valence-corrected chi connectivity index (χ1v) is 12.4. The summed E-state index contributed by atoms with van der Waals surface area (Å²) < 4.78 is 24.4. The number of fused-ring (bicyclic) bond motifs is 2. The lowest BCUT2D eigenvalue weighted by molar-refractivity contribution is -0.384. The second kappa shape index (κ2) is 9.42. The molecule has 0 spiro atoms. The Balaban J connectivity index is 1.50. The van der Waals surface area contributed by atoms with Crippen LogP contribution in [-0.4, -0.2) is 11.7 Å². The number of rotatable bonds is 5. The third-order valence-electron chi connectivity index (χ3n) is 5.57. The molecular formula is C24H15I2N3O6. The minimum atomic E-state index is -0.467. The van der Waals surface area contributed by atoms with Gasteiger partial charge in [-0.25, -0.2) is 0 Å². The number of nitrogens with zero attached hydrogens (tertiary/aromatic N) is 2. The summed E-state index contributed by atoms with van der Waals surface area (Å²) >= 11 is 4.35. The molecule has 1 atom stereocenters. The molecule has 35 heavy (non-hydrogen) atoms. The highest BCUT2D eigenvalue weighted by atomic mass is 127. The van der Waals surface area contributed by atoms with Gasteiger partial charge in [0.1, 0.15) is 29.7 Å². The van der Waals surface area contributed by atoms with Crippen LogP contribution in [0.4, 0.5) is 5.69 Å². The van der Waals surface area contributed by atoms with Crippen molar-refractivity contribution in [3.05, 3.63) is 93.9 Å². The fraction of sp³-hybridized carbons (Fsp3) is 0.125. The van der Waals surface area contributed by atoms with Crippen molar-refractivity contribution in [3.63, 3.8) is 0 Å². The number of halogens is 2. The van der Waals surface area contributed by atoms with Crippen LogP contribution in [0.15, 0.2) is 60.0 Å². The average molecular weight is 695 g/mol. The number of benzene rings is 3. The molecule has 0 bridgehead atoms. The summed E-state index contributed by atoms with van der Waals surface area (Å²) in [6, 6.07) is 15.9. The van der Waals surface area contributed by atoms with E-state index in [1.165, 1.54) is 12.1 Å². The molecule has 2 heterocycles. The van der Waals surface area contributed by atoms with Gasteiger partial charge in [0, 0.05) is 23.8 Å². The van der Waals surface area contributed by atoms with Crippen LogP contribution in [0.25, 0.3) is 0 Å². The third-order valence-corrected chi connectivity index (χ3v) is 7.17. The van der Waals surface area contributed by atoms with Gasteiger partial charge in [-0.05, 0) is 74.5 Å². The number of nitriles is 1. The quantitative estimate of drug-likeness (QED) is 0.216. The van der Waals surface area contributed by atoms with Gasteiger partial charge in [-0.2, -0.15) is 5.26 Å². The van der Waals surface area contributed by atoms with Crippen molar-refractivity contribution in [2.45, 2.75) is 12.5 Å². The van der Waals surface area contributed by atoms with Gasteiger partial charge in [-0.15, -0.1) is 0 Å². The summed E-state index contributed by atoms with van der Waals surface area (Å²) in [5.74, 6) is 1.87. The maximum Gasteiger partial charge on any atom is 0.269 e. The van der Waals surface area contributed by atoms with E-state index in [1.54, 1.807) is 18.2 Å². The van der Waals surface area contributed by atoms with Gasteiger partial charge >= 0.3 is 0 Å². The molecule has 0 aliphatic carbocycles. The predicted molar refractivity (Wildman–Crippen MR) is 141 cm³/mol. The van der Waals surface area contributed by atoms with Crippen LogP contribution in [0.1, 0.15) is 22.6 Å². The van der Waals surface area contributed by atoms with Crippen LogP contribution in [0.5, 0.6) is 23.0 Å². The molecule has 2 aliphatic rings. The summed E-state index contributed by atoms with van der Waals surface area (Å²) in [7, 11) is 0. The van der Waals surface area contributed by atoms with Gasteiger partial charge in [-0.3, -0.25) is 10.1 Å². The number of nitrogens with two attached hydrogens (primary N) is 1. The van der Waals surface area contributed by atoms with E-state index in [0.717, 1.165) is 18.3 Å². The highest BCUT2D eigenvalue weighted by Crippen LogP contribution is 2.48. The van der Waals surface area contributed by atoms with Gasteiger partial charge < -0.3 is 24.7 Å². The van der Waals surface area contributed by atoms with E-state index in [1.807, 2.05) is 18.2 Å². The lowest BCUT2D eigenvalue weighted by Gasteiger charge is -2.27. The number of allylic oxidation sites excluding steroid dienone is 1. The van der Waals surface area contributed by atoms with Crippen LogP contribution in [-0.2, 0) is 6.61 Å². The summed E-state index contributed by atoms with van der Waals surface area (Å²) in [5, 5.41) is 20.9. The van der Waals surface area contributed by atoms with Gasteiger partial charge in [0.2, 0.25) is 12.7 Å². The van der Waals surface area contributed by atoms with E-state index in [0.29, 0.717) is 34.1 Å². The van der Waals surface area contributed by atoms with E-state index in [-0.39, 0.29) is 25.0 Å². The van der Waals surface area contributed by atoms with Crippen molar-refractivity contribution in [2.24, 2.45) is 5.73 Å². The second-order valence-electron chi connectivity index (χ2n) is 7.70. The molecular weight excluding hydrogens is 680 g/mol. The van der Waals surface area contributed by atoms with Gasteiger partial charge in [0.25, 0.3) is 5.69 Å². The Kier molecular flexibility index (Phi) is 6.32. The smallest absolute Gasteiger partial charge is 0.269 e. The van der Waals surface area contributed by atoms with Crippen molar-refractivity contribution in [1.82, 2.24) is 0 Å². The number of hydrogen-bond donors (Lipinski definition) is 1. The summed E-state index contributed by atoms with van der Waals surface area (Å²) in [4.78, 5) is 10.6. The maximum absolute atomic E-state index is 11.1. The van der Waals surface area contributed by atoms with E-state index in [2.05, 4.69) is 51.3 Å². The largest absolute Gasteiger partial charge is 0.487 e. The SMILES string of the molecule is N#CC1=C(N)Oc2cc3c(cc2[C@@H]1c1cc(I)c(OCc2cccc([N+](=O)[O-])c2)c(I)c1)OCO3. The number of ether oxygens (including phenoxy) is 4. The molecule has 0 aromatic heterocycles. The zero-order chi connectivity index (χ0) is 24.7. The number of hydrogen-bond acceptors (Lipinski definition) is 8.